The molecule has 1 saturated carbocycles. The van der Waals surface area contributed by atoms with Crippen LogP contribution in [0.1, 0.15) is 44.1 Å². The molecule has 2 N–H and O–H groups in total. The van der Waals surface area contributed by atoms with E-state index in [-0.39, 0.29) is 5.70 Å². The Balaban J connectivity index is 1.54. The number of rotatable bonds is 8. The third-order valence-electron chi connectivity index (χ3n) is 7.03. The quantitative estimate of drug-likeness (QED) is 0.347. The van der Waals surface area contributed by atoms with Crippen molar-refractivity contribution in [1.82, 2.24) is 25.3 Å². The zero-order chi connectivity index (χ0) is 26.8. The predicted molar refractivity (Wildman–Crippen MR) is 144 cm³/mol. The van der Waals surface area contributed by atoms with Gasteiger partial charge in [0, 0.05) is 48.2 Å². The number of nitrogens with one attached hydrogen (secondary N) is 2. The Hall–Kier alpha value is -3.79. The summed E-state index contributed by atoms with van der Waals surface area (Å²) in [5, 5.41) is 7.26. The highest BCUT2D eigenvalue weighted by Crippen LogP contribution is 2.45. The van der Waals surface area contributed by atoms with E-state index < -0.39 is 17.5 Å². The van der Waals surface area contributed by atoms with Crippen molar-refractivity contribution in [3.05, 3.63) is 72.1 Å². The minimum Gasteiger partial charge on any atom is -0.356 e. The molecular formula is C28H30F3N7. The lowest BCUT2D eigenvalue weighted by Gasteiger charge is -2.33. The summed E-state index contributed by atoms with van der Waals surface area (Å²) in [4.78, 5) is 20.9. The molecular weight excluding hydrogens is 491 g/mol. The molecule has 0 bridgehead atoms. The van der Waals surface area contributed by atoms with Crippen molar-refractivity contribution in [2.45, 2.75) is 44.6 Å². The summed E-state index contributed by atoms with van der Waals surface area (Å²) in [6.45, 7) is 6.15. The first-order valence-corrected chi connectivity index (χ1v) is 12.7. The van der Waals surface area contributed by atoms with Gasteiger partial charge in [-0.25, -0.2) is 28.1 Å². The van der Waals surface area contributed by atoms with Crippen molar-refractivity contribution >= 4 is 22.5 Å². The lowest BCUT2D eigenvalue weighted by atomic mass is 10.0. The van der Waals surface area contributed by atoms with E-state index in [4.69, 9.17) is 9.97 Å². The largest absolute Gasteiger partial charge is 0.356 e. The molecule has 198 valence electrons. The van der Waals surface area contributed by atoms with E-state index in [0.29, 0.717) is 35.2 Å². The fraction of sp³-hybridized carbons (Fsp3) is 0.357. The molecule has 2 fully saturated rings. The summed E-state index contributed by atoms with van der Waals surface area (Å²) in [6, 6.07) is 3.82. The van der Waals surface area contributed by atoms with Gasteiger partial charge in [-0.15, -0.1) is 0 Å². The van der Waals surface area contributed by atoms with Crippen LogP contribution in [0.2, 0.25) is 0 Å². The van der Waals surface area contributed by atoms with Gasteiger partial charge in [-0.3, -0.25) is 4.98 Å². The molecule has 0 spiro atoms. The highest BCUT2D eigenvalue weighted by Gasteiger charge is 2.30. The van der Waals surface area contributed by atoms with Crippen LogP contribution in [0.3, 0.4) is 0 Å². The average molecular weight is 522 g/mol. The number of hydrogen-bond donors (Lipinski definition) is 2. The molecule has 3 aromatic heterocycles. The molecule has 5 rings (SSSR count). The van der Waals surface area contributed by atoms with Crippen LogP contribution < -0.4 is 15.5 Å². The van der Waals surface area contributed by atoms with Gasteiger partial charge < -0.3 is 15.5 Å². The highest BCUT2D eigenvalue weighted by atomic mass is 19.2. The average Bonchev–Trinajstić information content (AvgIpc) is 3.78. The van der Waals surface area contributed by atoms with Gasteiger partial charge in [0.1, 0.15) is 17.5 Å². The Labute approximate surface area is 219 Å². The van der Waals surface area contributed by atoms with Gasteiger partial charge in [0.15, 0.2) is 17.5 Å². The molecule has 3 aromatic rings. The Morgan fingerprint density at radius 2 is 1.89 bits per heavy atom. The fourth-order valence-electron chi connectivity index (χ4n) is 4.73. The van der Waals surface area contributed by atoms with Gasteiger partial charge in [-0.2, -0.15) is 0 Å². The van der Waals surface area contributed by atoms with Crippen LogP contribution in [0.4, 0.5) is 24.8 Å². The van der Waals surface area contributed by atoms with E-state index in [9.17, 15) is 13.2 Å². The minimum absolute atomic E-state index is 0.0323. The summed E-state index contributed by atoms with van der Waals surface area (Å²) in [6.07, 6.45) is 10.0. The molecule has 38 heavy (non-hydrogen) atoms. The second-order valence-electron chi connectivity index (χ2n) is 9.78. The molecule has 2 aliphatic rings. The number of piperidine rings is 1. The van der Waals surface area contributed by atoms with Crippen LogP contribution in [0.5, 0.6) is 0 Å². The molecule has 0 atom stereocenters. The molecule has 4 heterocycles. The van der Waals surface area contributed by atoms with Crippen LogP contribution in [-0.2, 0) is 0 Å². The van der Waals surface area contributed by atoms with E-state index in [2.05, 4.69) is 39.1 Å². The first-order chi connectivity index (χ1) is 18.3. The number of aromatic nitrogens is 4. The second-order valence-corrected chi connectivity index (χ2v) is 9.78. The summed E-state index contributed by atoms with van der Waals surface area (Å²) < 4.78 is 40.7. The first kappa shape index (κ1) is 25.8. The Kier molecular flexibility index (Phi) is 7.42. The van der Waals surface area contributed by atoms with Crippen LogP contribution in [0.25, 0.3) is 22.3 Å². The van der Waals surface area contributed by atoms with Gasteiger partial charge >= 0.3 is 0 Å². The minimum atomic E-state index is -1.38. The smallest absolute Gasteiger partial charge is 0.162 e. The molecule has 1 aliphatic carbocycles. The second kappa shape index (κ2) is 10.9. The van der Waals surface area contributed by atoms with Crippen molar-refractivity contribution in [1.29, 1.82) is 0 Å². The maximum absolute atomic E-state index is 14.3. The van der Waals surface area contributed by atoms with E-state index in [0.717, 1.165) is 55.5 Å². The number of nitrogens with zero attached hydrogens (tertiary/aromatic N) is 5. The zero-order valence-electron chi connectivity index (χ0n) is 21.4. The molecule has 1 aliphatic heterocycles. The van der Waals surface area contributed by atoms with Gasteiger partial charge in [0.2, 0.25) is 0 Å². The maximum Gasteiger partial charge on any atom is 0.162 e. The van der Waals surface area contributed by atoms with Crippen LogP contribution in [0, 0.1) is 0 Å². The first-order valence-electron chi connectivity index (χ1n) is 12.7. The van der Waals surface area contributed by atoms with E-state index in [1.54, 1.807) is 24.5 Å². The summed E-state index contributed by atoms with van der Waals surface area (Å²) in [5.74, 6) is -1.52. The summed E-state index contributed by atoms with van der Waals surface area (Å²) in [7, 11) is 2.09. The number of pyridine rings is 2. The van der Waals surface area contributed by atoms with Crippen molar-refractivity contribution in [3.8, 4) is 11.4 Å². The Morgan fingerprint density at radius 1 is 1.13 bits per heavy atom. The SMILES string of the molecule is C=C(F)/C(F)=C\C(F)=C(/C)Nc1cc(-c2nc(N(C)C3CCNCC3)c3c(C4CC4)cncc3n2)ccn1. The van der Waals surface area contributed by atoms with E-state index >= 15 is 0 Å². The van der Waals surface area contributed by atoms with Gasteiger partial charge in [-0.05, 0) is 69.3 Å². The highest BCUT2D eigenvalue weighted by molar-refractivity contribution is 5.94. The van der Waals surface area contributed by atoms with E-state index in [1.807, 2.05) is 6.20 Å². The molecule has 1 saturated heterocycles. The molecule has 0 radical (unpaired) electrons. The number of fused-ring (bicyclic) bond motifs is 1. The van der Waals surface area contributed by atoms with Crippen LogP contribution >= 0.6 is 0 Å². The normalized spacial score (nSPS) is 17.3. The van der Waals surface area contributed by atoms with Crippen LogP contribution in [0.15, 0.2) is 66.6 Å². The topological polar surface area (TPSA) is 78.9 Å². The number of anilines is 2. The lowest BCUT2D eigenvalue weighted by molar-refractivity contribution is 0.442. The van der Waals surface area contributed by atoms with Crippen molar-refractivity contribution in [3.63, 3.8) is 0 Å². The number of hydrogen-bond acceptors (Lipinski definition) is 7. The van der Waals surface area contributed by atoms with Gasteiger partial charge in [0.25, 0.3) is 0 Å². The molecule has 0 unspecified atom stereocenters. The van der Waals surface area contributed by atoms with Crippen molar-refractivity contribution in [2.24, 2.45) is 0 Å². The number of halogens is 3. The number of allylic oxidation sites excluding steroid dienone is 5. The standard InChI is InChI=1S/C28H30F3N7/c1-16(29)22(30)13-23(31)17(2)35-25-12-19(6-11-34-25)27-36-24-15-33-14-21(18-4-5-18)26(24)28(37-27)38(3)20-7-9-32-10-8-20/h6,11-15,18,20,32H,1,4-5,7-10H2,2-3H3,(H,34,35)/b22-13+,23-17-. The Bertz CT molecular complexity index is 1430. The van der Waals surface area contributed by atoms with Gasteiger partial charge in [0.05, 0.1) is 11.7 Å². The zero-order valence-corrected chi connectivity index (χ0v) is 21.4. The van der Waals surface area contributed by atoms with E-state index in [1.165, 1.54) is 12.5 Å². The van der Waals surface area contributed by atoms with Crippen molar-refractivity contribution in [2.75, 3.05) is 30.4 Å². The fourth-order valence-corrected chi connectivity index (χ4v) is 4.73. The van der Waals surface area contributed by atoms with Crippen LogP contribution in [-0.4, -0.2) is 46.1 Å². The van der Waals surface area contributed by atoms with Crippen molar-refractivity contribution < 1.29 is 13.2 Å². The van der Waals surface area contributed by atoms with Gasteiger partial charge in [-0.1, -0.05) is 6.58 Å². The summed E-state index contributed by atoms with van der Waals surface area (Å²) >= 11 is 0. The predicted octanol–water partition coefficient (Wildman–Crippen LogP) is 6.10. The lowest BCUT2D eigenvalue weighted by Crippen LogP contribution is -2.41. The maximum atomic E-state index is 14.3. The third kappa shape index (κ3) is 5.55. The molecule has 0 aromatic carbocycles. The third-order valence-corrected chi connectivity index (χ3v) is 7.03. The summed E-state index contributed by atoms with van der Waals surface area (Å²) in [5.41, 5.74) is 2.61. The Morgan fingerprint density at radius 3 is 2.61 bits per heavy atom. The monoisotopic (exact) mass is 521 g/mol. The molecule has 0 amide bonds. The molecule has 10 heteroatoms. The molecule has 7 nitrogen and oxygen atoms in total.